The number of nitrogens with one attached hydrogen (secondary N) is 1. The summed E-state index contributed by atoms with van der Waals surface area (Å²) < 4.78 is 6.96. The lowest BCUT2D eigenvalue weighted by Crippen LogP contribution is -2.17. The van der Waals surface area contributed by atoms with E-state index >= 15 is 0 Å². The number of carbonyl (C=O) groups excluding carboxylic acids is 1. The zero-order valence-electron chi connectivity index (χ0n) is 12.2. The molecule has 0 aliphatic rings. The third-order valence-corrected chi connectivity index (χ3v) is 3.83. The van der Waals surface area contributed by atoms with Crippen LogP contribution in [0.15, 0.2) is 50.4 Å². The molecule has 23 heavy (non-hydrogen) atoms. The first-order chi connectivity index (χ1) is 11.0. The lowest BCUT2D eigenvalue weighted by atomic mass is 10.2. The van der Waals surface area contributed by atoms with E-state index in [1.807, 2.05) is 6.92 Å². The fraction of sp³-hybridized carbons (Fsp3) is 0.125. The summed E-state index contributed by atoms with van der Waals surface area (Å²) in [5, 5.41) is 14.0. The minimum Gasteiger partial charge on any atom is -0.504 e. The topological polar surface area (TPSA) is 70.9 Å². The maximum Gasteiger partial charge on any atom is 0.271 e. The minimum absolute atomic E-state index is 0.0308. The highest BCUT2D eigenvalue weighted by Gasteiger charge is 2.09. The van der Waals surface area contributed by atoms with E-state index in [-0.39, 0.29) is 11.7 Å². The summed E-state index contributed by atoms with van der Waals surface area (Å²) >= 11 is 6.64. The Labute approximate surface area is 150 Å². The summed E-state index contributed by atoms with van der Waals surface area (Å²) in [5.74, 6) is -0.0208. The van der Waals surface area contributed by atoms with Crippen LogP contribution in [0.2, 0.25) is 0 Å². The summed E-state index contributed by atoms with van der Waals surface area (Å²) in [6.07, 6.45) is 1.36. The number of amides is 1. The summed E-state index contributed by atoms with van der Waals surface area (Å²) in [7, 11) is 0. The van der Waals surface area contributed by atoms with Gasteiger partial charge in [-0.1, -0.05) is 31.9 Å². The zero-order valence-corrected chi connectivity index (χ0v) is 15.4. The predicted molar refractivity (Wildman–Crippen MR) is 96.2 cm³/mol. The van der Waals surface area contributed by atoms with Crippen LogP contribution in [0.3, 0.4) is 0 Å². The SMILES string of the molecule is CCOc1cc(Br)cc(C=NNC(=O)c2ccc(Br)cc2)c1O. The largest absolute Gasteiger partial charge is 0.504 e. The Kier molecular flexibility index (Phi) is 6.18. The molecule has 1 amide bonds. The van der Waals surface area contributed by atoms with Gasteiger partial charge >= 0.3 is 0 Å². The van der Waals surface area contributed by atoms with Crippen LogP contribution in [0.25, 0.3) is 0 Å². The number of benzene rings is 2. The Morgan fingerprint density at radius 1 is 1.26 bits per heavy atom. The number of rotatable bonds is 5. The van der Waals surface area contributed by atoms with Gasteiger partial charge in [-0.05, 0) is 43.3 Å². The third kappa shape index (κ3) is 4.80. The van der Waals surface area contributed by atoms with Gasteiger partial charge in [0.2, 0.25) is 0 Å². The Balaban J connectivity index is 2.11. The van der Waals surface area contributed by atoms with Crippen LogP contribution < -0.4 is 10.2 Å². The number of nitrogens with zero attached hydrogens (tertiary/aromatic N) is 1. The summed E-state index contributed by atoms with van der Waals surface area (Å²) in [6, 6.07) is 10.2. The number of hydrogen-bond donors (Lipinski definition) is 2. The van der Waals surface area contributed by atoms with Crippen molar-refractivity contribution in [2.24, 2.45) is 5.10 Å². The first-order valence-electron chi connectivity index (χ1n) is 6.75. The molecule has 2 aromatic carbocycles. The maximum absolute atomic E-state index is 11.9. The number of aromatic hydroxyl groups is 1. The molecule has 0 spiro atoms. The van der Waals surface area contributed by atoms with Crippen molar-refractivity contribution in [1.82, 2.24) is 5.43 Å². The van der Waals surface area contributed by atoms with Gasteiger partial charge < -0.3 is 9.84 Å². The van der Waals surface area contributed by atoms with E-state index in [2.05, 4.69) is 42.4 Å². The number of phenolic OH excluding ortho intramolecular Hbond substituents is 1. The van der Waals surface area contributed by atoms with Crippen molar-refractivity contribution >= 4 is 44.0 Å². The maximum atomic E-state index is 11.9. The Hall–Kier alpha value is -1.86. The van der Waals surface area contributed by atoms with E-state index in [4.69, 9.17) is 4.74 Å². The van der Waals surface area contributed by atoms with Gasteiger partial charge in [-0.25, -0.2) is 5.43 Å². The average molecular weight is 442 g/mol. The van der Waals surface area contributed by atoms with Gasteiger partial charge in [-0.15, -0.1) is 0 Å². The highest BCUT2D eigenvalue weighted by atomic mass is 79.9. The number of halogens is 2. The minimum atomic E-state index is -0.340. The molecular formula is C16H14Br2N2O3. The normalized spacial score (nSPS) is 10.7. The van der Waals surface area contributed by atoms with E-state index in [1.54, 1.807) is 36.4 Å². The molecule has 0 atom stereocenters. The Morgan fingerprint density at radius 3 is 2.61 bits per heavy atom. The quantitative estimate of drug-likeness (QED) is 0.542. The molecule has 0 bridgehead atoms. The predicted octanol–water partition coefficient (Wildman–Crippen LogP) is 4.08. The fourth-order valence-corrected chi connectivity index (χ4v) is 2.50. The second-order valence-corrected chi connectivity index (χ2v) is 6.31. The fourth-order valence-electron chi connectivity index (χ4n) is 1.78. The number of hydrazone groups is 1. The van der Waals surface area contributed by atoms with Crippen molar-refractivity contribution in [3.8, 4) is 11.5 Å². The van der Waals surface area contributed by atoms with E-state index in [9.17, 15) is 9.90 Å². The molecule has 0 heterocycles. The van der Waals surface area contributed by atoms with Crippen LogP contribution in [0.1, 0.15) is 22.8 Å². The molecule has 0 aliphatic heterocycles. The van der Waals surface area contributed by atoms with E-state index < -0.39 is 0 Å². The molecule has 2 aromatic rings. The van der Waals surface area contributed by atoms with Gasteiger partial charge in [-0.3, -0.25) is 4.79 Å². The van der Waals surface area contributed by atoms with Crippen molar-refractivity contribution in [3.05, 3.63) is 56.5 Å². The number of phenols is 1. The molecule has 0 unspecified atom stereocenters. The summed E-state index contributed by atoms with van der Waals surface area (Å²) in [4.78, 5) is 11.9. The van der Waals surface area contributed by atoms with Gasteiger partial charge in [0.25, 0.3) is 5.91 Å². The Morgan fingerprint density at radius 2 is 1.96 bits per heavy atom. The molecule has 0 saturated carbocycles. The van der Waals surface area contributed by atoms with Gasteiger partial charge in [0.1, 0.15) is 0 Å². The van der Waals surface area contributed by atoms with Crippen LogP contribution in [0.5, 0.6) is 11.5 Å². The number of hydrogen-bond acceptors (Lipinski definition) is 4. The third-order valence-electron chi connectivity index (χ3n) is 2.85. The molecule has 2 rings (SSSR count). The molecule has 7 heteroatoms. The Bertz CT molecular complexity index is 731. The van der Waals surface area contributed by atoms with E-state index in [0.717, 1.165) is 8.95 Å². The zero-order chi connectivity index (χ0) is 16.8. The average Bonchev–Trinajstić information content (AvgIpc) is 2.52. The van der Waals surface area contributed by atoms with Crippen LogP contribution in [-0.4, -0.2) is 23.8 Å². The summed E-state index contributed by atoms with van der Waals surface area (Å²) in [6.45, 7) is 2.26. The lowest BCUT2D eigenvalue weighted by Gasteiger charge is -2.08. The van der Waals surface area contributed by atoms with Crippen molar-refractivity contribution in [2.45, 2.75) is 6.92 Å². The first kappa shape index (κ1) is 17.5. The van der Waals surface area contributed by atoms with Gasteiger partial charge in [0.15, 0.2) is 11.5 Å². The molecule has 0 aromatic heterocycles. The van der Waals surface area contributed by atoms with Crippen LogP contribution in [0, 0.1) is 0 Å². The molecular weight excluding hydrogens is 428 g/mol. The van der Waals surface area contributed by atoms with Crippen molar-refractivity contribution in [3.63, 3.8) is 0 Å². The molecule has 120 valence electrons. The monoisotopic (exact) mass is 440 g/mol. The second-order valence-electron chi connectivity index (χ2n) is 4.48. The molecule has 5 nitrogen and oxygen atoms in total. The van der Waals surface area contributed by atoms with E-state index in [0.29, 0.717) is 23.5 Å². The number of carbonyl (C=O) groups is 1. The van der Waals surface area contributed by atoms with Gasteiger partial charge in [-0.2, -0.15) is 5.10 Å². The number of ether oxygens (including phenoxy) is 1. The van der Waals surface area contributed by atoms with Crippen LogP contribution in [0.4, 0.5) is 0 Å². The van der Waals surface area contributed by atoms with Crippen LogP contribution >= 0.6 is 31.9 Å². The molecule has 2 N–H and O–H groups in total. The summed E-state index contributed by atoms with van der Waals surface area (Å²) in [5.41, 5.74) is 3.33. The molecule has 0 radical (unpaired) electrons. The molecule has 0 saturated heterocycles. The van der Waals surface area contributed by atoms with E-state index in [1.165, 1.54) is 6.21 Å². The molecule has 0 fully saturated rings. The first-order valence-corrected chi connectivity index (χ1v) is 8.34. The van der Waals surface area contributed by atoms with Crippen LogP contribution in [-0.2, 0) is 0 Å². The smallest absolute Gasteiger partial charge is 0.271 e. The lowest BCUT2D eigenvalue weighted by molar-refractivity contribution is 0.0955. The van der Waals surface area contributed by atoms with Crippen molar-refractivity contribution in [2.75, 3.05) is 6.61 Å². The second kappa shape index (κ2) is 8.12. The molecule has 0 aliphatic carbocycles. The highest BCUT2D eigenvalue weighted by molar-refractivity contribution is 9.10. The highest BCUT2D eigenvalue weighted by Crippen LogP contribution is 2.32. The van der Waals surface area contributed by atoms with Gasteiger partial charge in [0.05, 0.1) is 12.8 Å². The van der Waals surface area contributed by atoms with Crippen molar-refractivity contribution in [1.29, 1.82) is 0 Å². The van der Waals surface area contributed by atoms with Gasteiger partial charge in [0, 0.05) is 20.1 Å². The standard InChI is InChI=1S/C16H14Br2N2O3/c1-2-23-14-8-13(18)7-11(15(14)21)9-19-20-16(22)10-3-5-12(17)6-4-10/h3-9,21H,2H2,1H3,(H,20,22). The van der Waals surface area contributed by atoms with Crippen molar-refractivity contribution < 1.29 is 14.6 Å².